The molecule has 1 saturated heterocycles. The van der Waals surface area contributed by atoms with Crippen LogP contribution in [0.25, 0.3) is 10.2 Å². The largest absolute Gasteiger partial charge is 0.492 e. The summed E-state index contributed by atoms with van der Waals surface area (Å²) in [5.74, 6) is 0.936. The van der Waals surface area contributed by atoms with E-state index in [0.29, 0.717) is 19.6 Å². The molecule has 1 aliphatic heterocycles. The lowest BCUT2D eigenvalue weighted by Crippen LogP contribution is -3.14. The maximum absolute atomic E-state index is 12.7. The van der Waals surface area contributed by atoms with Gasteiger partial charge in [0.1, 0.15) is 24.4 Å². The molecule has 1 aliphatic rings. The molecule has 0 saturated carbocycles. The number of hydrogen-bond acceptors (Lipinski definition) is 5. The van der Waals surface area contributed by atoms with Crippen LogP contribution in [0.15, 0.2) is 18.2 Å². The third-order valence-electron chi connectivity index (χ3n) is 4.56. The Hall–Kier alpha value is -1.70. The van der Waals surface area contributed by atoms with E-state index in [-0.39, 0.29) is 5.91 Å². The third-order valence-corrected chi connectivity index (χ3v) is 5.60. The second-order valence-corrected chi connectivity index (χ2v) is 7.45. The Kier molecular flexibility index (Phi) is 6.82. The second-order valence-electron chi connectivity index (χ2n) is 6.44. The highest BCUT2D eigenvalue weighted by Crippen LogP contribution is 2.34. The molecule has 0 unspecified atom stereocenters. The number of quaternary nitrogens is 1. The van der Waals surface area contributed by atoms with Crippen molar-refractivity contribution in [2.75, 3.05) is 50.9 Å². The number of thiazole rings is 1. The molecule has 3 rings (SSSR count). The number of hydrogen-bond donors (Lipinski definition) is 1. The standard InChI is InChI=1S/C19H27N3O3S/c1-3-6-17(23)22(10-9-21-11-13-24-14-12-21)19-20-18-15(25-4-2)7-5-8-16(18)26-19/h5,7-8H,3-4,6,9-14H2,1-2H3/p+1. The SMILES string of the molecule is CCCC(=O)N(CC[NH+]1CCOCC1)c1nc2c(OCC)cccc2s1. The first kappa shape index (κ1) is 19.1. The summed E-state index contributed by atoms with van der Waals surface area (Å²) >= 11 is 1.57. The summed E-state index contributed by atoms with van der Waals surface area (Å²) in [5.41, 5.74) is 0.849. The van der Waals surface area contributed by atoms with Gasteiger partial charge in [0.25, 0.3) is 0 Å². The molecule has 0 atom stereocenters. The van der Waals surface area contributed by atoms with E-state index in [2.05, 4.69) is 0 Å². The number of amides is 1. The lowest BCUT2D eigenvalue weighted by atomic mass is 10.3. The molecule has 7 heteroatoms. The van der Waals surface area contributed by atoms with E-state index in [4.69, 9.17) is 14.5 Å². The van der Waals surface area contributed by atoms with Gasteiger partial charge in [-0.2, -0.15) is 0 Å². The number of ether oxygens (including phenoxy) is 2. The van der Waals surface area contributed by atoms with Crippen LogP contribution in [0.5, 0.6) is 5.75 Å². The lowest BCUT2D eigenvalue weighted by Gasteiger charge is -2.26. The molecule has 6 nitrogen and oxygen atoms in total. The van der Waals surface area contributed by atoms with E-state index in [1.54, 1.807) is 11.3 Å². The Morgan fingerprint density at radius 1 is 1.35 bits per heavy atom. The van der Waals surface area contributed by atoms with Crippen LogP contribution in [0.1, 0.15) is 26.7 Å². The fourth-order valence-corrected chi connectivity index (χ4v) is 4.18. The van der Waals surface area contributed by atoms with Gasteiger partial charge >= 0.3 is 0 Å². The molecule has 0 radical (unpaired) electrons. The molecular weight excluding hydrogens is 350 g/mol. The minimum atomic E-state index is 0.150. The van der Waals surface area contributed by atoms with Gasteiger partial charge < -0.3 is 14.4 Å². The van der Waals surface area contributed by atoms with Gasteiger partial charge in [0, 0.05) is 6.42 Å². The number of anilines is 1. The number of para-hydroxylation sites is 1. The van der Waals surface area contributed by atoms with Gasteiger partial charge in [-0.25, -0.2) is 4.98 Å². The maximum Gasteiger partial charge on any atom is 0.228 e. The van der Waals surface area contributed by atoms with E-state index in [0.717, 1.165) is 60.4 Å². The number of carbonyl (C=O) groups is 1. The Morgan fingerprint density at radius 3 is 2.88 bits per heavy atom. The van der Waals surface area contributed by atoms with Crippen molar-refractivity contribution in [1.29, 1.82) is 0 Å². The van der Waals surface area contributed by atoms with Crippen LogP contribution in [-0.2, 0) is 9.53 Å². The van der Waals surface area contributed by atoms with Crippen molar-refractivity contribution in [2.24, 2.45) is 0 Å². The van der Waals surface area contributed by atoms with Gasteiger partial charge in [-0.1, -0.05) is 24.3 Å². The molecule has 1 N–H and O–H groups in total. The number of carbonyl (C=O) groups excluding carboxylic acids is 1. The van der Waals surface area contributed by atoms with Crippen LogP contribution < -0.4 is 14.5 Å². The van der Waals surface area contributed by atoms with Crippen molar-refractivity contribution in [1.82, 2.24) is 4.98 Å². The Morgan fingerprint density at radius 2 is 2.15 bits per heavy atom. The summed E-state index contributed by atoms with van der Waals surface area (Å²) in [7, 11) is 0. The summed E-state index contributed by atoms with van der Waals surface area (Å²) in [6.45, 7) is 9.83. The predicted molar refractivity (Wildman–Crippen MR) is 104 cm³/mol. The number of fused-ring (bicyclic) bond motifs is 1. The molecule has 2 heterocycles. The summed E-state index contributed by atoms with van der Waals surface area (Å²) in [6.07, 6.45) is 1.39. The van der Waals surface area contributed by atoms with Gasteiger partial charge in [-0.3, -0.25) is 9.69 Å². The molecule has 1 fully saturated rings. The fourth-order valence-electron chi connectivity index (χ4n) is 3.15. The van der Waals surface area contributed by atoms with Crippen LogP contribution in [0.2, 0.25) is 0 Å². The second kappa shape index (κ2) is 9.30. The van der Waals surface area contributed by atoms with Crippen molar-refractivity contribution in [3.05, 3.63) is 18.2 Å². The Balaban J connectivity index is 1.82. The zero-order valence-corrected chi connectivity index (χ0v) is 16.4. The average Bonchev–Trinajstić information content (AvgIpc) is 3.08. The minimum absolute atomic E-state index is 0.150. The van der Waals surface area contributed by atoms with Gasteiger partial charge in [0.2, 0.25) is 5.91 Å². The zero-order chi connectivity index (χ0) is 18.4. The first-order chi connectivity index (χ1) is 12.7. The van der Waals surface area contributed by atoms with Crippen molar-refractivity contribution in [3.8, 4) is 5.75 Å². The molecule has 1 amide bonds. The highest BCUT2D eigenvalue weighted by atomic mass is 32.1. The molecule has 0 aliphatic carbocycles. The molecular formula is C19H28N3O3S+. The smallest absolute Gasteiger partial charge is 0.228 e. The van der Waals surface area contributed by atoms with Crippen LogP contribution in [0.4, 0.5) is 5.13 Å². The van der Waals surface area contributed by atoms with Gasteiger partial charge in [-0.05, 0) is 25.5 Å². The summed E-state index contributed by atoms with van der Waals surface area (Å²) in [5, 5.41) is 0.776. The first-order valence-electron chi connectivity index (χ1n) is 9.47. The van der Waals surface area contributed by atoms with Crippen LogP contribution in [0.3, 0.4) is 0 Å². The molecule has 0 spiro atoms. The van der Waals surface area contributed by atoms with Gasteiger partial charge in [0.05, 0.1) is 37.6 Å². The van der Waals surface area contributed by atoms with Crippen LogP contribution in [0, 0.1) is 0 Å². The lowest BCUT2D eigenvalue weighted by molar-refractivity contribution is -0.906. The fraction of sp³-hybridized carbons (Fsp3) is 0.579. The van der Waals surface area contributed by atoms with Crippen molar-refractivity contribution >= 4 is 32.6 Å². The number of morpholine rings is 1. The highest BCUT2D eigenvalue weighted by molar-refractivity contribution is 7.22. The minimum Gasteiger partial charge on any atom is -0.492 e. The van der Waals surface area contributed by atoms with E-state index in [1.165, 1.54) is 4.90 Å². The monoisotopic (exact) mass is 378 g/mol. The summed E-state index contributed by atoms with van der Waals surface area (Å²) < 4.78 is 12.2. The van der Waals surface area contributed by atoms with Gasteiger partial charge in [-0.15, -0.1) is 0 Å². The number of aromatic nitrogens is 1. The van der Waals surface area contributed by atoms with E-state index in [1.807, 2.05) is 36.9 Å². The normalized spacial score (nSPS) is 15.3. The summed E-state index contributed by atoms with van der Waals surface area (Å²) in [4.78, 5) is 20.8. The predicted octanol–water partition coefficient (Wildman–Crippen LogP) is 1.74. The van der Waals surface area contributed by atoms with E-state index >= 15 is 0 Å². The molecule has 2 aromatic rings. The highest BCUT2D eigenvalue weighted by Gasteiger charge is 2.23. The number of nitrogens with one attached hydrogen (secondary N) is 1. The Labute approximate surface area is 158 Å². The molecule has 26 heavy (non-hydrogen) atoms. The third kappa shape index (κ3) is 4.52. The van der Waals surface area contributed by atoms with Crippen molar-refractivity contribution in [3.63, 3.8) is 0 Å². The maximum atomic E-state index is 12.7. The van der Waals surface area contributed by atoms with E-state index in [9.17, 15) is 4.79 Å². The van der Waals surface area contributed by atoms with Crippen LogP contribution in [-0.4, -0.2) is 56.9 Å². The molecule has 142 valence electrons. The molecule has 1 aromatic carbocycles. The first-order valence-corrected chi connectivity index (χ1v) is 10.3. The van der Waals surface area contributed by atoms with E-state index < -0.39 is 0 Å². The quantitative estimate of drug-likeness (QED) is 0.760. The van der Waals surface area contributed by atoms with Crippen molar-refractivity contribution < 1.29 is 19.2 Å². The molecule has 0 bridgehead atoms. The molecule has 1 aromatic heterocycles. The number of nitrogens with zero attached hydrogens (tertiary/aromatic N) is 2. The average molecular weight is 379 g/mol. The zero-order valence-electron chi connectivity index (χ0n) is 15.6. The number of rotatable bonds is 8. The Bertz CT molecular complexity index is 728. The van der Waals surface area contributed by atoms with Gasteiger partial charge in [0.15, 0.2) is 5.13 Å². The summed E-state index contributed by atoms with van der Waals surface area (Å²) in [6, 6.07) is 5.95. The van der Waals surface area contributed by atoms with Crippen LogP contribution >= 0.6 is 11.3 Å². The topological polar surface area (TPSA) is 56.1 Å². The van der Waals surface area contributed by atoms with Crippen molar-refractivity contribution in [2.45, 2.75) is 26.7 Å². The number of benzene rings is 1.